The van der Waals surface area contributed by atoms with Crippen molar-refractivity contribution >= 4 is 0 Å². The fourth-order valence-electron chi connectivity index (χ4n) is 4.36. The smallest absolute Gasteiger partial charge is 0.168 e. The van der Waals surface area contributed by atoms with Crippen molar-refractivity contribution in [2.24, 2.45) is 0 Å². The highest BCUT2D eigenvalue weighted by Crippen LogP contribution is 2.53. The summed E-state index contributed by atoms with van der Waals surface area (Å²) >= 11 is 0. The zero-order valence-electron chi connectivity index (χ0n) is 17.1. The molecule has 0 unspecified atom stereocenters. The van der Waals surface area contributed by atoms with E-state index in [-0.39, 0.29) is 33.4 Å². The van der Waals surface area contributed by atoms with Crippen molar-refractivity contribution in [1.29, 1.82) is 0 Å². The molecule has 4 aromatic rings. The summed E-state index contributed by atoms with van der Waals surface area (Å²) in [4.78, 5) is 0. The van der Waals surface area contributed by atoms with E-state index in [9.17, 15) is 22.0 Å². The molecule has 32 heavy (non-hydrogen) atoms. The molecule has 1 aliphatic carbocycles. The maximum atomic E-state index is 15.0. The van der Waals surface area contributed by atoms with E-state index in [0.29, 0.717) is 23.1 Å². The Morgan fingerprint density at radius 2 is 1.28 bits per heavy atom. The second-order valence-corrected chi connectivity index (χ2v) is 7.86. The average Bonchev–Trinajstić information content (AvgIpc) is 2.76. The van der Waals surface area contributed by atoms with Crippen LogP contribution < -0.4 is 0 Å². The van der Waals surface area contributed by atoms with Gasteiger partial charge in [0, 0.05) is 27.8 Å². The van der Waals surface area contributed by atoms with Crippen LogP contribution in [0.5, 0.6) is 0 Å². The topological polar surface area (TPSA) is 0 Å². The lowest BCUT2D eigenvalue weighted by Gasteiger charge is -2.27. The molecule has 0 bridgehead atoms. The van der Waals surface area contributed by atoms with Crippen LogP contribution >= 0.6 is 0 Å². The normalized spacial score (nSPS) is 11.7. The molecule has 0 heterocycles. The molecular weight excluding hydrogens is 419 g/mol. The van der Waals surface area contributed by atoms with Gasteiger partial charge in [0.05, 0.1) is 0 Å². The summed E-state index contributed by atoms with van der Waals surface area (Å²) in [6.45, 7) is 1.91. The fourth-order valence-corrected chi connectivity index (χ4v) is 4.36. The largest absolute Gasteiger partial charge is 0.206 e. The molecule has 0 aromatic heterocycles. The first-order valence-corrected chi connectivity index (χ1v) is 10.3. The van der Waals surface area contributed by atoms with E-state index in [1.54, 1.807) is 18.2 Å². The van der Waals surface area contributed by atoms with Crippen molar-refractivity contribution in [1.82, 2.24) is 0 Å². The van der Waals surface area contributed by atoms with E-state index in [4.69, 9.17) is 0 Å². The van der Waals surface area contributed by atoms with Gasteiger partial charge in [-0.05, 0) is 46.9 Å². The van der Waals surface area contributed by atoms with Gasteiger partial charge in [0.15, 0.2) is 11.6 Å². The molecule has 5 heteroatoms. The fraction of sp³-hybridized carbons (Fsp3) is 0.111. The Balaban J connectivity index is 1.61. The van der Waals surface area contributed by atoms with E-state index >= 15 is 0 Å². The number of benzene rings is 4. The van der Waals surface area contributed by atoms with Gasteiger partial charge in [0.2, 0.25) is 0 Å². The standard InChI is InChI=1S/C27H17F5/c1-2-5-14-8-11-18-19-13-20(26(31)27(32)24(19)23(18)25(14)30)17-10-9-15(12-22(17)29)16-6-3-4-7-21(16)28/h3-4,6-13H,2,5H2,1H3. The summed E-state index contributed by atoms with van der Waals surface area (Å²) in [5, 5.41) is 0. The molecule has 0 saturated carbocycles. The van der Waals surface area contributed by atoms with Gasteiger partial charge in [-0.2, -0.15) is 0 Å². The van der Waals surface area contributed by atoms with E-state index < -0.39 is 29.1 Å². The van der Waals surface area contributed by atoms with Crippen LogP contribution in [-0.4, -0.2) is 0 Å². The van der Waals surface area contributed by atoms with Crippen molar-refractivity contribution in [2.75, 3.05) is 0 Å². The van der Waals surface area contributed by atoms with Crippen molar-refractivity contribution in [3.8, 4) is 44.5 Å². The minimum absolute atomic E-state index is 0.0734. The lowest BCUT2D eigenvalue weighted by atomic mass is 9.77. The van der Waals surface area contributed by atoms with Crippen LogP contribution in [0.3, 0.4) is 0 Å². The van der Waals surface area contributed by atoms with Crippen molar-refractivity contribution < 1.29 is 22.0 Å². The third-order valence-corrected chi connectivity index (χ3v) is 5.93. The summed E-state index contributed by atoms with van der Waals surface area (Å²) in [6.07, 6.45) is 1.22. The monoisotopic (exact) mass is 436 g/mol. The number of hydrogen-bond donors (Lipinski definition) is 0. The third-order valence-electron chi connectivity index (χ3n) is 5.93. The van der Waals surface area contributed by atoms with Gasteiger partial charge in [-0.25, -0.2) is 22.0 Å². The van der Waals surface area contributed by atoms with Gasteiger partial charge in [0.1, 0.15) is 17.5 Å². The van der Waals surface area contributed by atoms with Gasteiger partial charge in [-0.15, -0.1) is 0 Å². The van der Waals surface area contributed by atoms with E-state index in [1.807, 2.05) is 6.92 Å². The molecule has 0 atom stereocenters. The predicted molar refractivity (Wildman–Crippen MR) is 116 cm³/mol. The van der Waals surface area contributed by atoms with Crippen LogP contribution in [0.15, 0.2) is 60.7 Å². The predicted octanol–water partition coefficient (Wildman–Crippen LogP) is 8.32. The molecule has 0 amide bonds. The first-order chi connectivity index (χ1) is 15.4. The molecule has 4 aromatic carbocycles. The Morgan fingerprint density at radius 1 is 0.562 bits per heavy atom. The van der Waals surface area contributed by atoms with E-state index in [2.05, 4.69) is 0 Å². The summed E-state index contributed by atoms with van der Waals surface area (Å²) in [5.74, 6) is -4.31. The van der Waals surface area contributed by atoms with Crippen LogP contribution in [0.2, 0.25) is 0 Å². The Hall–Kier alpha value is -3.47. The molecule has 0 nitrogen and oxygen atoms in total. The van der Waals surface area contributed by atoms with Gasteiger partial charge in [0.25, 0.3) is 0 Å². The van der Waals surface area contributed by atoms with Crippen molar-refractivity contribution in [2.45, 2.75) is 19.8 Å². The Kier molecular flexibility index (Phi) is 4.85. The first-order valence-electron chi connectivity index (χ1n) is 10.3. The van der Waals surface area contributed by atoms with Crippen LogP contribution in [-0.2, 0) is 6.42 Å². The summed E-state index contributed by atoms with van der Waals surface area (Å²) in [6, 6.07) is 14.4. The summed E-state index contributed by atoms with van der Waals surface area (Å²) in [7, 11) is 0. The number of aryl methyl sites for hydroxylation is 1. The number of hydrogen-bond acceptors (Lipinski definition) is 0. The maximum Gasteiger partial charge on any atom is 0.168 e. The van der Waals surface area contributed by atoms with E-state index in [0.717, 1.165) is 12.5 Å². The molecular formula is C27H17F5. The quantitative estimate of drug-likeness (QED) is 0.249. The zero-order chi connectivity index (χ0) is 22.6. The second kappa shape index (κ2) is 7.59. The Bertz CT molecular complexity index is 1390. The van der Waals surface area contributed by atoms with Crippen LogP contribution in [0.4, 0.5) is 22.0 Å². The molecule has 1 aliphatic rings. The minimum atomic E-state index is -1.24. The molecule has 5 rings (SSSR count). The molecule has 0 aliphatic heterocycles. The Morgan fingerprint density at radius 3 is 2.00 bits per heavy atom. The number of rotatable bonds is 4. The number of fused-ring (bicyclic) bond motifs is 4. The van der Waals surface area contributed by atoms with Crippen molar-refractivity contribution in [3.05, 3.63) is 95.3 Å². The minimum Gasteiger partial charge on any atom is -0.206 e. The molecule has 0 fully saturated rings. The van der Waals surface area contributed by atoms with Gasteiger partial charge in [-0.3, -0.25) is 0 Å². The highest BCUT2D eigenvalue weighted by atomic mass is 19.2. The van der Waals surface area contributed by atoms with Gasteiger partial charge in [-0.1, -0.05) is 55.8 Å². The Labute approximate surface area is 182 Å². The molecule has 0 N–H and O–H groups in total. The lowest BCUT2D eigenvalue weighted by Crippen LogP contribution is -2.10. The lowest BCUT2D eigenvalue weighted by molar-refractivity contribution is 0.511. The van der Waals surface area contributed by atoms with Crippen LogP contribution in [0.25, 0.3) is 44.5 Å². The molecule has 0 saturated heterocycles. The third kappa shape index (κ3) is 2.95. The SMILES string of the molecule is CCCc1ccc2c(c1F)-c1c-2cc(-c2ccc(-c3ccccc3F)cc2F)c(F)c1F. The van der Waals surface area contributed by atoms with Gasteiger partial charge < -0.3 is 0 Å². The van der Waals surface area contributed by atoms with Crippen LogP contribution in [0, 0.1) is 29.1 Å². The highest BCUT2D eigenvalue weighted by molar-refractivity contribution is 6.04. The molecule has 0 spiro atoms. The van der Waals surface area contributed by atoms with Gasteiger partial charge >= 0.3 is 0 Å². The maximum absolute atomic E-state index is 15.0. The number of halogens is 5. The molecule has 160 valence electrons. The summed E-state index contributed by atoms with van der Waals surface area (Å²) in [5.41, 5.74) is 1.30. The van der Waals surface area contributed by atoms with Crippen LogP contribution in [0.1, 0.15) is 18.9 Å². The van der Waals surface area contributed by atoms with Crippen molar-refractivity contribution in [3.63, 3.8) is 0 Å². The molecule has 0 radical (unpaired) electrons. The zero-order valence-corrected chi connectivity index (χ0v) is 17.1. The van der Waals surface area contributed by atoms with E-state index in [1.165, 1.54) is 36.4 Å². The highest BCUT2D eigenvalue weighted by Gasteiger charge is 2.34. The first kappa shape index (κ1) is 20.4. The summed E-state index contributed by atoms with van der Waals surface area (Å²) < 4.78 is 73.8. The second-order valence-electron chi connectivity index (χ2n) is 7.86. The average molecular weight is 436 g/mol.